The summed E-state index contributed by atoms with van der Waals surface area (Å²) in [5, 5.41) is 7.74. The molecule has 5 heteroatoms. The van der Waals surface area contributed by atoms with Crippen molar-refractivity contribution >= 4 is 47.7 Å². The maximum Gasteiger partial charge on any atom is 0.139 e. The molecule has 0 fully saturated rings. The lowest BCUT2D eigenvalue weighted by atomic mass is 9.74. The Hall–Kier alpha value is -4.42. The highest BCUT2D eigenvalue weighted by Gasteiger charge is 2.43. The van der Waals surface area contributed by atoms with Gasteiger partial charge >= 0.3 is 0 Å². The molecule has 3 heterocycles. The zero-order chi connectivity index (χ0) is 47.4. The Morgan fingerprint density at radius 3 is 0.985 bits per heavy atom. The SMILES string of the molecule is CCCCCCCCCCc1cc(P2c3cc(C)ccc3Oc3ccc(C)cc32)c2c(c1)C(C)(C)c1cc(CCCCCCCCCC)cc(P3c4cc(C)ccc4Oc4ccc(C)cc43)c1O2. The Balaban J connectivity index is 1.20. The molecule has 0 aromatic heterocycles. The summed E-state index contributed by atoms with van der Waals surface area (Å²) in [6.45, 7) is 18.5. The van der Waals surface area contributed by atoms with Crippen molar-refractivity contribution in [1.29, 1.82) is 0 Å². The number of hydrogen-bond acceptors (Lipinski definition) is 3. The number of unbranched alkanes of at least 4 members (excludes halogenated alkanes) is 14. The van der Waals surface area contributed by atoms with E-state index in [4.69, 9.17) is 14.2 Å². The first-order valence-electron chi connectivity index (χ1n) is 26.4. The van der Waals surface area contributed by atoms with E-state index in [-0.39, 0.29) is 5.41 Å². The van der Waals surface area contributed by atoms with Crippen LogP contribution in [0.2, 0.25) is 0 Å². The van der Waals surface area contributed by atoms with Gasteiger partial charge in [0, 0.05) is 48.4 Å². The minimum atomic E-state index is -1.03. The van der Waals surface area contributed by atoms with E-state index in [1.54, 1.807) is 0 Å². The van der Waals surface area contributed by atoms with Crippen LogP contribution in [-0.2, 0) is 18.3 Å². The molecule has 0 amide bonds. The molecule has 0 bridgehead atoms. The fourth-order valence-electron chi connectivity index (χ4n) is 10.8. The van der Waals surface area contributed by atoms with Crippen LogP contribution in [0, 0.1) is 27.7 Å². The summed E-state index contributed by atoms with van der Waals surface area (Å²) in [5.41, 5.74) is 10.2. The van der Waals surface area contributed by atoms with Gasteiger partial charge in [0.1, 0.15) is 34.5 Å². The Morgan fingerprint density at radius 2 is 0.662 bits per heavy atom. The van der Waals surface area contributed by atoms with E-state index >= 15 is 0 Å². The summed E-state index contributed by atoms with van der Waals surface area (Å²) >= 11 is 0. The molecule has 0 radical (unpaired) electrons. The van der Waals surface area contributed by atoms with E-state index in [0.29, 0.717) is 0 Å². The molecule has 0 spiro atoms. The largest absolute Gasteiger partial charge is 0.456 e. The van der Waals surface area contributed by atoms with Crippen molar-refractivity contribution < 1.29 is 14.2 Å². The van der Waals surface area contributed by atoms with Crippen LogP contribution >= 0.6 is 15.8 Å². The van der Waals surface area contributed by atoms with Gasteiger partial charge in [-0.25, -0.2) is 0 Å². The lowest BCUT2D eigenvalue weighted by Crippen LogP contribution is -2.35. The van der Waals surface area contributed by atoms with Crippen LogP contribution in [0.3, 0.4) is 0 Å². The van der Waals surface area contributed by atoms with E-state index in [1.807, 2.05) is 0 Å². The fourth-order valence-corrected chi connectivity index (χ4v) is 16.4. The Morgan fingerprint density at radius 1 is 0.353 bits per heavy atom. The van der Waals surface area contributed by atoms with Gasteiger partial charge in [-0.1, -0.05) is 176 Å². The van der Waals surface area contributed by atoms with Crippen molar-refractivity contribution in [2.45, 2.75) is 176 Å². The standard InChI is InChI=1S/C63H76O3P2/c1-9-11-13-15-17-19-21-23-25-47-39-49-61(59(41-47)67-55-35-43(3)27-31-51(55)64-52-32-28-44(4)36-56(52)67)66-62-50(63(49,7)8)40-48(26-24-22-20-18-16-14-12-10-2)42-60(62)68-57-37-45(5)29-33-53(57)65-54-34-30-46(6)38-58(54)68/h27-42H,9-26H2,1-8H3. The molecule has 0 atom stereocenters. The molecule has 6 aromatic rings. The van der Waals surface area contributed by atoms with Gasteiger partial charge in [-0.05, 0) is 141 Å². The molecule has 6 aromatic carbocycles. The molecule has 0 unspecified atom stereocenters. The van der Waals surface area contributed by atoms with Crippen LogP contribution < -0.4 is 46.0 Å². The normalized spacial score (nSPS) is 14.4. The van der Waals surface area contributed by atoms with E-state index in [9.17, 15) is 0 Å². The van der Waals surface area contributed by atoms with Gasteiger partial charge in [-0.2, -0.15) is 0 Å². The third-order valence-corrected chi connectivity index (χ3v) is 19.7. The summed E-state index contributed by atoms with van der Waals surface area (Å²) in [7, 11) is -2.06. The third kappa shape index (κ3) is 10.4. The van der Waals surface area contributed by atoms with E-state index < -0.39 is 15.8 Å². The van der Waals surface area contributed by atoms with E-state index in [1.165, 1.54) is 179 Å². The Labute approximate surface area is 412 Å². The highest BCUT2D eigenvalue weighted by Crippen LogP contribution is 2.56. The lowest BCUT2D eigenvalue weighted by molar-refractivity contribution is 0.424. The summed E-state index contributed by atoms with van der Waals surface area (Å²) in [5.74, 6) is 5.95. The van der Waals surface area contributed by atoms with E-state index in [0.717, 1.165) is 47.3 Å². The summed E-state index contributed by atoms with van der Waals surface area (Å²) in [4.78, 5) is 0. The second-order valence-corrected chi connectivity index (χ2v) is 25.2. The molecule has 3 nitrogen and oxygen atoms in total. The maximum atomic E-state index is 7.90. The molecule has 68 heavy (non-hydrogen) atoms. The highest BCUT2D eigenvalue weighted by molar-refractivity contribution is 7.81. The van der Waals surface area contributed by atoms with Gasteiger partial charge in [-0.15, -0.1) is 0 Å². The maximum absolute atomic E-state index is 7.90. The van der Waals surface area contributed by atoms with Crippen LogP contribution in [0.5, 0.6) is 34.5 Å². The number of rotatable bonds is 20. The predicted molar refractivity (Wildman–Crippen MR) is 294 cm³/mol. The number of hydrogen-bond donors (Lipinski definition) is 0. The molecule has 3 aliphatic heterocycles. The molecule has 0 N–H and O–H groups in total. The van der Waals surface area contributed by atoms with Gasteiger partial charge < -0.3 is 14.2 Å². The molecular weight excluding hydrogens is 867 g/mol. The summed E-state index contributed by atoms with van der Waals surface area (Å²) < 4.78 is 21.4. The van der Waals surface area contributed by atoms with Gasteiger partial charge in [0.15, 0.2) is 0 Å². The Bertz CT molecular complexity index is 2460. The number of ether oxygens (including phenoxy) is 3. The van der Waals surface area contributed by atoms with Gasteiger partial charge in [0.05, 0.1) is 0 Å². The minimum absolute atomic E-state index is 0.323. The van der Waals surface area contributed by atoms with Crippen molar-refractivity contribution in [3.05, 3.63) is 142 Å². The van der Waals surface area contributed by atoms with E-state index in [2.05, 4.69) is 152 Å². The van der Waals surface area contributed by atoms with Gasteiger partial charge in [0.2, 0.25) is 0 Å². The number of benzene rings is 6. The van der Waals surface area contributed by atoms with Crippen molar-refractivity contribution in [2.75, 3.05) is 0 Å². The molecule has 0 saturated heterocycles. The van der Waals surface area contributed by atoms with Crippen molar-refractivity contribution in [3.8, 4) is 34.5 Å². The van der Waals surface area contributed by atoms with Gasteiger partial charge in [0.25, 0.3) is 0 Å². The first-order valence-corrected chi connectivity index (χ1v) is 29.1. The van der Waals surface area contributed by atoms with Crippen LogP contribution in [0.4, 0.5) is 0 Å². The van der Waals surface area contributed by atoms with Crippen LogP contribution in [0.1, 0.15) is 175 Å². The van der Waals surface area contributed by atoms with Crippen LogP contribution in [-0.4, -0.2) is 0 Å². The van der Waals surface area contributed by atoms with Crippen LogP contribution in [0.25, 0.3) is 0 Å². The summed E-state index contributed by atoms with van der Waals surface area (Å²) in [6, 6.07) is 37.3. The molecule has 0 saturated carbocycles. The smallest absolute Gasteiger partial charge is 0.139 e. The number of aryl methyl sites for hydroxylation is 6. The van der Waals surface area contributed by atoms with Crippen LogP contribution in [0.15, 0.2) is 97.1 Å². The average Bonchev–Trinajstić information content (AvgIpc) is 3.32. The van der Waals surface area contributed by atoms with Crippen molar-refractivity contribution in [2.24, 2.45) is 0 Å². The lowest BCUT2D eigenvalue weighted by Gasteiger charge is -2.40. The highest BCUT2D eigenvalue weighted by atomic mass is 31.1. The Kier molecular flexibility index (Phi) is 15.5. The predicted octanol–water partition coefficient (Wildman–Crippen LogP) is 16.4. The topological polar surface area (TPSA) is 27.7 Å². The molecule has 0 aliphatic carbocycles. The second-order valence-electron chi connectivity index (χ2n) is 20.9. The monoisotopic (exact) mass is 943 g/mol. The van der Waals surface area contributed by atoms with Crippen molar-refractivity contribution in [1.82, 2.24) is 0 Å². The number of fused-ring (bicyclic) bond motifs is 6. The first kappa shape index (κ1) is 48.6. The fraction of sp³-hybridized carbons (Fsp3) is 0.429. The third-order valence-electron chi connectivity index (χ3n) is 14.8. The molecule has 356 valence electrons. The minimum Gasteiger partial charge on any atom is -0.456 e. The van der Waals surface area contributed by atoms with Gasteiger partial charge in [-0.3, -0.25) is 0 Å². The van der Waals surface area contributed by atoms with Crippen molar-refractivity contribution in [3.63, 3.8) is 0 Å². The zero-order valence-electron chi connectivity index (χ0n) is 42.6. The zero-order valence-corrected chi connectivity index (χ0v) is 44.4. The molecule has 3 aliphatic rings. The average molecular weight is 943 g/mol. The second kappa shape index (κ2) is 21.7. The first-order chi connectivity index (χ1) is 33.0. The molecular formula is C63H76O3P2. The molecule has 9 rings (SSSR count). The quantitative estimate of drug-likeness (QED) is 0.0563. The summed E-state index contributed by atoms with van der Waals surface area (Å²) in [6.07, 6.45) is 23.2.